The Hall–Kier alpha value is -2.20. The van der Waals surface area contributed by atoms with Crippen molar-refractivity contribution in [2.45, 2.75) is 13.0 Å². The number of piperazine rings is 1. The maximum atomic E-state index is 12.7. The third-order valence-electron chi connectivity index (χ3n) is 3.85. The van der Waals surface area contributed by atoms with Crippen LogP contribution in [0.15, 0.2) is 48.8 Å². The molecule has 1 N–H and O–H groups in total. The molecule has 1 aliphatic rings. The first-order valence-corrected chi connectivity index (χ1v) is 7.28. The van der Waals surface area contributed by atoms with Crippen molar-refractivity contribution in [3.8, 4) is 11.1 Å². The number of pyridine rings is 1. The number of amides is 1. The van der Waals surface area contributed by atoms with Gasteiger partial charge in [-0.2, -0.15) is 0 Å². The number of rotatable bonds is 2. The van der Waals surface area contributed by atoms with E-state index in [1.165, 1.54) is 0 Å². The second-order valence-electron chi connectivity index (χ2n) is 5.38. The summed E-state index contributed by atoms with van der Waals surface area (Å²) in [5.74, 6) is 0.0641. The van der Waals surface area contributed by atoms with Gasteiger partial charge in [0.1, 0.15) is 0 Å². The predicted octanol–water partition coefficient (Wildman–Crippen LogP) is 2.18. The van der Waals surface area contributed by atoms with Gasteiger partial charge in [-0.05, 0) is 18.6 Å². The predicted molar refractivity (Wildman–Crippen MR) is 83.0 cm³/mol. The summed E-state index contributed by atoms with van der Waals surface area (Å²) in [5, 5.41) is 3.30. The first kappa shape index (κ1) is 13.8. The fraction of sp³-hybridized carbons (Fsp3) is 0.294. The van der Waals surface area contributed by atoms with Crippen molar-refractivity contribution in [3.05, 3.63) is 54.4 Å². The summed E-state index contributed by atoms with van der Waals surface area (Å²) in [6.45, 7) is 4.51. The molecule has 4 heteroatoms. The normalized spacial score (nSPS) is 18.5. The van der Waals surface area contributed by atoms with Crippen molar-refractivity contribution in [2.24, 2.45) is 0 Å². The summed E-state index contributed by atoms with van der Waals surface area (Å²) in [6, 6.07) is 12.2. The van der Waals surface area contributed by atoms with Crippen molar-refractivity contribution < 1.29 is 4.79 Å². The number of hydrogen-bond acceptors (Lipinski definition) is 3. The molecule has 2 heterocycles. The maximum Gasteiger partial charge on any atom is 0.255 e. The largest absolute Gasteiger partial charge is 0.333 e. The average Bonchev–Trinajstić information content (AvgIpc) is 2.56. The molecule has 108 valence electrons. The number of aromatic nitrogens is 1. The van der Waals surface area contributed by atoms with E-state index in [2.05, 4.69) is 17.2 Å². The van der Waals surface area contributed by atoms with Crippen molar-refractivity contribution in [1.29, 1.82) is 0 Å². The monoisotopic (exact) mass is 281 g/mol. The minimum absolute atomic E-state index is 0.0641. The Morgan fingerprint density at radius 3 is 2.81 bits per heavy atom. The fourth-order valence-corrected chi connectivity index (χ4v) is 2.65. The van der Waals surface area contributed by atoms with Crippen LogP contribution in [-0.2, 0) is 0 Å². The zero-order valence-electron chi connectivity index (χ0n) is 12.1. The summed E-state index contributed by atoms with van der Waals surface area (Å²) in [7, 11) is 0. The van der Waals surface area contributed by atoms with Crippen LogP contribution in [0.4, 0.5) is 0 Å². The lowest BCUT2D eigenvalue weighted by Gasteiger charge is -2.34. The van der Waals surface area contributed by atoms with E-state index in [4.69, 9.17) is 0 Å². The molecule has 2 aromatic rings. The molecule has 1 amide bonds. The molecule has 3 rings (SSSR count). The molecular formula is C17H19N3O. The second kappa shape index (κ2) is 6.06. The first-order chi connectivity index (χ1) is 10.3. The molecule has 0 spiro atoms. The molecule has 0 aliphatic carbocycles. The number of hydrogen-bond donors (Lipinski definition) is 1. The summed E-state index contributed by atoms with van der Waals surface area (Å²) in [5.41, 5.74) is 2.71. The van der Waals surface area contributed by atoms with Crippen LogP contribution in [-0.4, -0.2) is 41.5 Å². The van der Waals surface area contributed by atoms with E-state index in [-0.39, 0.29) is 11.9 Å². The highest BCUT2D eigenvalue weighted by atomic mass is 16.2. The van der Waals surface area contributed by atoms with E-state index >= 15 is 0 Å². The SMILES string of the molecule is C[C@H]1CNCCN1C(=O)c1cncc(-c2ccccc2)c1. The second-order valence-corrected chi connectivity index (χ2v) is 5.38. The molecule has 1 aromatic carbocycles. The summed E-state index contributed by atoms with van der Waals surface area (Å²) >= 11 is 0. The van der Waals surface area contributed by atoms with E-state index in [1.807, 2.05) is 41.3 Å². The van der Waals surface area contributed by atoms with Crippen LogP contribution in [0.5, 0.6) is 0 Å². The number of nitrogens with one attached hydrogen (secondary N) is 1. The van der Waals surface area contributed by atoms with E-state index in [1.54, 1.807) is 12.4 Å². The zero-order valence-corrected chi connectivity index (χ0v) is 12.1. The van der Waals surface area contributed by atoms with Gasteiger partial charge in [-0.3, -0.25) is 9.78 Å². The number of carbonyl (C=O) groups is 1. The van der Waals surface area contributed by atoms with Crippen LogP contribution in [0.3, 0.4) is 0 Å². The minimum atomic E-state index is 0.0641. The van der Waals surface area contributed by atoms with Crippen molar-refractivity contribution in [3.63, 3.8) is 0 Å². The number of carbonyl (C=O) groups excluding carboxylic acids is 1. The Labute approximate surface area is 124 Å². The standard InChI is InChI=1S/C17H19N3O/c1-13-10-18-7-8-20(13)17(21)16-9-15(11-19-12-16)14-5-3-2-4-6-14/h2-6,9,11-13,18H,7-8,10H2,1H3/t13-/m0/s1. The van der Waals surface area contributed by atoms with Crippen molar-refractivity contribution >= 4 is 5.91 Å². The molecule has 21 heavy (non-hydrogen) atoms. The summed E-state index contributed by atoms with van der Waals surface area (Å²) < 4.78 is 0. The Kier molecular flexibility index (Phi) is 3.97. The fourth-order valence-electron chi connectivity index (χ4n) is 2.65. The minimum Gasteiger partial charge on any atom is -0.333 e. The van der Waals surface area contributed by atoms with Gasteiger partial charge in [-0.15, -0.1) is 0 Å². The third kappa shape index (κ3) is 2.95. The smallest absolute Gasteiger partial charge is 0.255 e. The van der Waals surface area contributed by atoms with Gasteiger partial charge in [-0.1, -0.05) is 30.3 Å². The molecule has 0 saturated carbocycles. The molecule has 1 aromatic heterocycles. The zero-order chi connectivity index (χ0) is 14.7. The van der Waals surface area contributed by atoms with Crippen molar-refractivity contribution in [1.82, 2.24) is 15.2 Å². The van der Waals surface area contributed by atoms with Crippen molar-refractivity contribution in [2.75, 3.05) is 19.6 Å². The number of nitrogens with zero attached hydrogens (tertiary/aromatic N) is 2. The molecule has 0 bridgehead atoms. The Morgan fingerprint density at radius 1 is 1.24 bits per heavy atom. The summed E-state index contributed by atoms with van der Waals surface area (Å²) in [6.07, 6.45) is 3.46. The van der Waals surface area contributed by atoms with Crippen LogP contribution in [0.1, 0.15) is 17.3 Å². The van der Waals surface area contributed by atoms with Gasteiger partial charge in [-0.25, -0.2) is 0 Å². The lowest BCUT2D eigenvalue weighted by Crippen LogP contribution is -2.52. The molecule has 0 unspecified atom stereocenters. The molecule has 1 saturated heterocycles. The molecule has 0 radical (unpaired) electrons. The summed E-state index contributed by atoms with van der Waals surface area (Å²) in [4.78, 5) is 18.8. The van der Waals surface area contributed by atoms with Crippen LogP contribution in [0.2, 0.25) is 0 Å². The topological polar surface area (TPSA) is 45.2 Å². The molecule has 1 fully saturated rings. The third-order valence-corrected chi connectivity index (χ3v) is 3.85. The van der Waals surface area contributed by atoms with Gasteiger partial charge in [0, 0.05) is 43.6 Å². The van der Waals surface area contributed by atoms with Crippen LogP contribution >= 0.6 is 0 Å². The van der Waals surface area contributed by atoms with Gasteiger partial charge in [0.2, 0.25) is 0 Å². The highest BCUT2D eigenvalue weighted by Gasteiger charge is 2.24. The van der Waals surface area contributed by atoms with Gasteiger partial charge < -0.3 is 10.2 Å². The molecular weight excluding hydrogens is 262 g/mol. The quantitative estimate of drug-likeness (QED) is 0.917. The van der Waals surface area contributed by atoms with E-state index in [0.717, 1.165) is 30.8 Å². The van der Waals surface area contributed by atoms with E-state index in [0.29, 0.717) is 5.56 Å². The Balaban J connectivity index is 1.87. The molecule has 1 atom stereocenters. The van der Waals surface area contributed by atoms with Gasteiger partial charge in [0.15, 0.2) is 0 Å². The average molecular weight is 281 g/mol. The van der Waals surface area contributed by atoms with Crippen LogP contribution < -0.4 is 5.32 Å². The van der Waals surface area contributed by atoms with Crippen LogP contribution in [0.25, 0.3) is 11.1 Å². The van der Waals surface area contributed by atoms with Gasteiger partial charge in [0.05, 0.1) is 5.56 Å². The lowest BCUT2D eigenvalue weighted by molar-refractivity contribution is 0.0655. The maximum absolute atomic E-state index is 12.7. The Morgan fingerprint density at radius 2 is 2.05 bits per heavy atom. The van der Waals surface area contributed by atoms with E-state index < -0.39 is 0 Å². The first-order valence-electron chi connectivity index (χ1n) is 7.28. The highest BCUT2D eigenvalue weighted by molar-refractivity contribution is 5.95. The highest BCUT2D eigenvalue weighted by Crippen LogP contribution is 2.20. The van der Waals surface area contributed by atoms with E-state index in [9.17, 15) is 4.79 Å². The number of benzene rings is 1. The van der Waals surface area contributed by atoms with Crippen LogP contribution in [0, 0.1) is 0 Å². The Bertz CT molecular complexity index is 627. The molecule has 1 aliphatic heterocycles. The van der Waals surface area contributed by atoms with Gasteiger partial charge in [0.25, 0.3) is 5.91 Å². The molecule has 4 nitrogen and oxygen atoms in total. The lowest BCUT2D eigenvalue weighted by atomic mass is 10.1. The van der Waals surface area contributed by atoms with Gasteiger partial charge >= 0.3 is 0 Å².